The van der Waals surface area contributed by atoms with Crippen molar-refractivity contribution in [3.05, 3.63) is 12.2 Å². The number of nitrogens with zero attached hydrogens (tertiary/aromatic N) is 2. The minimum Gasteiger partial charge on any atom is -0.464 e. The van der Waals surface area contributed by atoms with E-state index in [1.54, 1.807) is 0 Å². The number of allylic oxidation sites excluding steroid dienone is 2. The van der Waals surface area contributed by atoms with E-state index in [1.165, 1.54) is 25.7 Å². The van der Waals surface area contributed by atoms with E-state index in [2.05, 4.69) is 12.2 Å². The highest BCUT2D eigenvalue weighted by molar-refractivity contribution is 5.69. The summed E-state index contributed by atoms with van der Waals surface area (Å²) < 4.78 is 11.1. The van der Waals surface area contributed by atoms with Crippen LogP contribution in [0.2, 0.25) is 0 Å². The molecule has 9 nitrogen and oxygen atoms in total. The van der Waals surface area contributed by atoms with Gasteiger partial charge in [0.1, 0.15) is 32.8 Å². The molecule has 0 aromatic rings. The number of ether oxygens (including phenoxy) is 2. The number of carbonyl (C=O) groups excluding carboxylic acids is 2. The predicted molar refractivity (Wildman–Crippen MR) is 155 cm³/mol. The van der Waals surface area contributed by atoms with E-state index >= 15 is 0 Å². The Bertz CT molecular complexity index is 610. The van der Waals surface area contributed by atoms with Gasteiger partial charge in [0.15, 0.2) is 0 Å². The molecule has 0 saturated heterocycles. The van der Waals surface area contributed by atoms with Gasteiger partial charge in [-0.05, 0) is 45.6 Å². The lowest BCUT2D eigenvalue weighted by molar-refractivity contribution is -0.910. The average Bonchev–Trinajstić information content (AvgIpc) is 2.88. The second-order valence-corrected chi connectivity index (χ2v) is 10.8. The number of aliphatic hydroxyl groups is 3. The van der Waals surface area contributed by atoms with Crippen molar-refractivity contribution in [2.24, 2.45) is 0 Å². The second kappa shape index (κ2) is 26.7. The molecule has 3 N–H and O–H groups in total. The first kappa shape index (κ1) is 37.5. The number of carbonyl (C=O) groups is 2. The van der Waals surface area contributed by atoms with Crippen molar-refractivity contribution in [1.82, 2.24) is 4.90 Å². The van der Waals surface area contributed by atoms with Crippen LogP contribution in [-0.2, 0) is 19.1 Å². The molecule has 0 heterocycles. The first-order valence-corrected chi connectivity index (χ1v) is 15.2. The van der Waals surface area contributed by atoms with Crippen LogP contribution in [0.5, 0.6) is 0 Å². The van der Waals surface area contributed by atoms with Gasteiger partial charge in [0, 0.05) is 25.9 Å². The highest BCUT2D eigenvalue weighted by atomic mass is 16.5. The van der Waals surface area contributed by atoms with E-state index in [9.17, 15) is 9.59 Å². The van der Waals surface area contributed by atoms with Crippen LogP contribution in [0, 0.1) is 0 Å². The Morgan fingerprint density at radius 3 is 1.59 bits per heavy atom. The zero-order valence-electron chi connectivity index (χ0n) is 25.0. The lowest BCUT2D eigenvalue weighted by Gasteiger charge is -2.33. The van der Waals surface area contributed by atoms with Crippen molar-refractivity contribution < 1.29 is 38.9 Å². The number of hydrogen-bond donors (Lipinski definition) is 3. The fourth-order valence-corrected chi connectivity index (χ4v) is 4.30. The van der Waals surface area contributed by atoms with Crippen molar-refractivity contribution >= 4 is 11.9 Å². The first-order valence-electron chi connectivity index (χ1n) is 15.2. The number of unbranched alkanes of at least 4 members (excludes halogenated alkanes) is 10. The molecule has 0 rings (SSSR count). The third kappa shape index (κ3) is 25.2. The Kier molecular flexibility index (Phi) is 25.6. The normalized spacial score (nSPS) is 11.9. The number of likely N-dealkylation sites (N-methyl/N-ethyl adjacent to an activating group) is 2. The molecule has 0 radical (unpaired) electrons. The largest absolute Gasteiger partial charge is 0.464 e. The lowest BCUT2D eigenvalue weighted by Crippen LogP contribution is -2.50. The van der Waals surface area contributed by atoms with E-state index in [1.807, 2.05) is 19.0 Å². The molecule has 39 heavy (non-hydrogen) atoms. The highest BCUT2D eigenvalue weighted by Crippen LogP contribution is 2.11. The van der Waals surface area contributed by atoms with Crippen molar-refractivity contribution in [3.63, 3.8) is 0 Å². The highest BCUT2D eigenvalue weighted by Gasteiger charge is 2.20. The molecule has 9 heteroatoms. The summed E-state index contributed by atoms with van der Waals surface area (Å²) in [6.07, 6.45) is 18.6. The lowest BCUT2D eigenvalue weighted by atomic mass is 10.1. The maximum Gasteiger partial charge on any atom is 0.305 e. The van der Waals surface area contributed by atoms with Crippen molar-refractivity contribution in [1.29, 1.82) is 0 Å². The van der Waals surface area contributed by atoms with Gasteiger partial charge in [-0.25, -0.2) is 0 Å². The molecule has 0 aromatic heterocycles. The Morgan fingerprint density at radius 1 is 0.641 bits per heavy atom. The monoisotopic (exact) mass is 559 g/mol. The minimum atomic E-state index is -0.158. The van der Waals surface area contributed by atoms with Gasteiger partial charge in [-0.15, -0.1) is 0 Å². The quantitative estimate of drug-likeness (QED) is 0.0578. The molecule has 0 aliphatic rings. The van der Waals surface area contributed by atoms with Crippen LogP contribution in [0.15, 0.2) is 12.2 Å². The summed E-state index contributed by atoms with van der Waals surface area (Å²) in [6, 6.07) is 0. The molecule has 230 valence electrons. The van der Waals surface area contributed by atoms with Gasteiger partial charge in [0.05, 0.1) is 26.9 Å². The predicted octanol–water partition coefficient (Wildman–Crippen LogP) is 3.45. The molecular formula is C30H59N2O7+. The fraction of sp³-hybridized carbons (Fsp3) is 0.867. The van der Waals surface area contributed by atoms with E-state index in [4.69, 9.17) is 24.8 Å². The summed E-state index contributed by atoms with van der Waals surface area (Å²) in [5.41, 5.74) is 0. The van der Waals surface area contributed by atoms with E-state index in [0.29, 0.717) is 63.3 Å². The maximum absolute atomic E-state index is 11.9. The Balaban J connectivity index is 3.46. The van der Waals surface area contributed by atoms with Crippen molar-refractivity contribution in [2.75, 3.05) is 79.9 Å². The number of esters is 2. The van der Waals surface area contributed by atoms with Gasteiger partial charge in [-0.3, -0.25) is 9.59 Å². The average molecular weight is 560 g/mol. The summed E-state index contributed by atoms with van der Waals surface area (Å²) in [5, 5.41) is 27.2. The van der Waals surface area contributed by atoms with Crippen molar-refractivity contribution in [3.8, 4) is 0 Å². The molecule has 0 unspecified atom stereocenters. The number of rotatable bonds is 28. The van der Waals surface area contributed by atoms with Crippen LogP contribution in [0.1, 0.15) is 89.9 Å². The zero-order valence-corrected chi connectivity index (χ0v) is 25.0. The standard InChI is InChI=1S/C30H59N2O7/c1-31(19-24-33)20-27-38-29(36)17-15-13-11-9-7-5-3-4-6-8-10-12-14-16-18-30(37)39-28-23-32(2,21-25-34)22-26-35/h3-4,33-35H,5-28H2,1-2H3/q+1/b4-3+. The second-order valence-electron chi connectivity index (χ2n) is 10.8. The number of aliphatic hydroxyl groups excluding tert-OH is 3. The van der Waals surface area contributed by atoms with Gasteiger partial charge in [-0.1, -0.05) is 50.7 Å². The maximum atomic E-state index is 11.9. The van der Waals surface area contributed by atoms with Crippen LogP contribution in [-0.4, -0.2) is 116 Å². The fourth-order valence-electron chi connectivity index (χ4n) is 4.30. The topological polar surface area (TPSA) is 117 Å². The van der Waals surface area contributed by atoms with E-state index in [-0.39, 0.29) is 31.8 Å². The van der Waals surface area contributed by atoms with Crippen LogP contribution in [0.4, 0.5) is 0 Å². The summed E-state index contributed by atoms with van der Waals surface area (Å²) in [6.45, 7) is 3.87. The van der Waals surface area contributed by atoms with Gasteiger partial charge in [0.25, 0.3) is 0 Å². The van der Waals surface area contributed by atoms with Gasteiger partial charge < -0.3 is 34.2 Å². The Morgan fingerprint density at radius 2 is 1.10 bits per heavy atom. The zero-order chi connectivity index (χ0) is 29.0. The molecular weight excluding hydrogens is 500 g/mol. The molecule has 0 aromatic carbocycles. The molecule has 0 bridgehead atoms. The summed E-state index contributed by atoms with van der Waals surface area (Å²) in [4.78, 5) is 25.6. The smallest absolute Gasteiger partial charge is 0.305 e. The summed E-state index contributed by atoms with van der Waals surface area (Å²) in [7, 11) is 3.85. The van der Waals surface area contributed by atoms with Gasteiger partial charge in [0.2, 0.25) is 0 Å². The molecule has 0 spiro atoms. The van der Waals surface area contributed by atoms with E-state index < -0.39 is 0 Å². The van der Waals surface area contributed by atoms with Crippen LogP contribution < -0.4 is 0 Å². The summed E-state index contributed by atoms with van der Waals surface area (Å²) in [5.74, 6) is -0.281. The third-order valence-electron chi connectivity index (χ3n) is 7.06. The molecule has 0 aliphatic heterocycles. The molecule has 0 aliphatic carbocycles. The SMILES string of the molecule is CN(CCO)CCOC(=O)CCCCCCC/C=C/CCCCCCCC(=O)OCC[N+](C)(CCO)CCO. The van der Waals surface area contributed by atoms with Crippen LogP contribution in [0.3, 0.4) is 0 Å². The molecule has 0 saturated carbocycles. The minimum absolute atomic E-state index is 0.0515. The summed E-state index contributed by atoms with van der Waals surface area (Å²) >= 11 is 0. The van der Waals surface area contributed by atoms with Crippen LogP contribution in [0.25, 0.3) is 0 Å². The number of hydrogen-bond acceptors (Lipinski definition) is 8. The van der Waals surface area contributed by atoms with Gasteiger partial charge >= 0.3 is 11.9 Å². The number of quaternary nitrogens is 1. The third-order valence-corrected chi connectivity index (χ3v) is 7.06. The Labute approximate surface area is 237 Å². The Hall–Kier alpha value is -1.52. The van der Waals surface area contributed by atoms with Crippen molar-refractivity contribution in [2.45, 2.75) is 89.9 Å². The molecule has 0 fully saturated rings. The van der Waals surface area contributed by atoms with Crippen LogP contribution >= 0.6 is 0 Å². The van der Waals surface area contributed by atoms with E-state index in [0.717, 1.165) is 51.4 Å². The molecule has 0 amide bonds. The van der Waals surface area contributed by atoms with Gasteiger partial charge in [-0.2, -0.15) is 0 Å². The first-order chi connectivity index (χ1) is 18.9. The molecule has 0 atom stereocenters.